The van der Waals surface area contributed by atoms with Crippen LogP contribution in [0.1, 0.15) is 42.3 Å². The molecule has 1 aromatic heterocycles. The average molecular weight is 392 g/mol. The first-order valence-electron chi connectivity index (χ1n) is 9.92. The molecule has 0 bridgehead atoms. The highest BCUT2D eigenvalue weighted by Gasteiger charge is 2.28. The number of benzene rings is 2. The van der Waals surface area contributed by atoms with Gasteiger partial charge in [0.05, 0.1) is 6.26 Å². The summed E-state index contributed by atoms with van der Waals surface area (Å²) in [5.74, 6) is 0.523. The van der Waals surface area contributed by atoms with Crippen molar-refractivity contribution in [2.24, 2.45) is 0 Å². The van der Waals surface area contributed by atoms with Gasteiger partial charge in [0.1, 0.15) is 12.7 Å². The van der Waals surface area contributed by atoms with Crippen molar-refractivity contribution in [1.82, 2.24) is 0 Å². The first-order valence-corrected chi connectivity index (χ1v) is 9.92. The van der Waals surface area contributed by atoms with E-state index in [0.29, 0.717) is 12.4 Å². The van der Waals surface area contributed by atoms with Crippen LogP contribution < -0.4 is 10.2 Å². The van der Waals surface area contributed by atoms with Gasteiger partial charge in [-0.2, -0.15) is 0 Å². The summed E-state index contributed by atoms with van der Waals surface area (Å²) in [6, 6.07) is 20.8. The van der Waals surface area contributed by atoms with Gasteiger partial charge in [-0.1, -0.05) is 60.7 Å². The zero-order valence-electron chi connectivity index (χ0n) is 16.2. The number of hydrogen-bond acceptors (Lipinski definition) is 5. The lowest BCUT2D eigenvalue weighted by Gasteiger charge is -2.28. The Kier molecular flexibility index (Phi) is 6.39. The minimum atomic E-state index is -0.598. The van der Waals surface area contributed by atoms with Crippen LogP contribution in [0.25, 0.3) is 0 Å². The van der Waals surface area contributed by atoms with Crippen LogP contribution in [0.4, 0.5) is 0 Å². The Morgan fingerprint density at radius 2 is 1.72 bits per heavy atom. The molecule has 1 aliphatic heterocycles. The monoisotopic (exact) mass is 392 g/mol. The van der Waals surface area contributed by atoms with Crippen molar-refractivity contribution in [3.8, 4) is 5.75 Å². The Labute approximate surface area is 169 Å². The lowest BCUT2D eigenvalue weighted by molar-refractivity contribution is -0.184. The van der Waals surface area contributed by atoms with Gasteiger partial charge >= 0.3 is 0 Å². The van der Waals surface area contributed by atoms with Gasteiger partial charge in [0, 0.05) is 12.7 Å². The largest absolute Gasteiger partial charge is 0.482 e. The third kappa shape index (κ3) is 4.94. The molecular formula is C24H24O5. The van der Waals surface area contributed by atoms with Crippen LogP contribution in [0.5, 0.6) is 5.75 Å². The van der Waals surface area contributed by atoms with Gasteiger partial charge in [0.25, 0.3) is 0 Å². The van der Waals surface area contributed by atoms with Crippen molar-refractivity contribution in [1.29, 1.82) is 0 Å². The Morgan fingerprint density at radius 3 is 2.45 bits per heavy atom. The number of hydrogen-bond donors (Lipinski definition) is 0. The van der Waals surface area contributed by atoms with E-state index >= 15 is 0 Å². The molecule has 5 heteroatoms. The van der Waals surface area contributed by atoms with E-state index in [0.717, 1.165) is 30.4 Å². The van der Waals surface area contributed by atoms with Crippen molar-refractivity contribution in [2.75, 3.05) is 6.61 Å². The molecule has 0 aliphatic carbocycles. The Hall–Kier alpha value is -2.89. The minimum absolute atomic E-state index is 0.168. The molecule has 2 heterocycles. The zero-order valence-corrected chi connectivity index (χ0v) is 16.2. The van der Waals surface area contributed by atoms with Gasteiger partial charge in [-0.15, -0.1) is 0 Å². The molecule has 0 amide bonds. The maximum atomic E-state index is 12.6. The van der Waals surface area contributed by atoms with E-state index in [9.17, 15) is 4.79 Å². The average Bonchev–Trinajstić information content (AvgIpc) is 2.79. The lowest BCUT2D eigenvalue weighted by atomic mass is 10.1. The normalized spacial score (nSPS) is 17.6. The highest BCUT2D eigenvalue weighted by molar-refractivity contribution is 5.34. The lowest BCUT2D eigenvalue weighted by Crippen LogP contribution is -2.26. The summed E-state index contributed by atoms with van der Waals surface area (Å²) in [5.41, 5.74) is 1.60. The summed E-state index contributed by atoms with van der Waals surface area (Å²) in [7, 11) is 0. The summed E-state index contributed by atoms with van der Waals surface area (Å²) >= 11 is 0. The van der Waals surface area contributed by atoms with Gasteiger partial charge in [-0.3, -0.25) is 4.79 Å². The molecule has 150 valence electrons. The fourth-order valence-electron chi connectivity index (χ4n) is 3.36. The SMILES string of the molecule is O=c1ccoc(C(OC2CCCCO2)c2ccccc2)c1OCc1ccccc1. The first kappa shape index (κ1) is 19.4. The predicted octanol–water partition coefficient (Wildman–Crippen LogP) is 4.85. The summed E-state index contributed by atoms with van der Waals surface area (Å²) in [5, 5.41) is 0. The van der Waals surface area contributed by atoms with Crippen molar-refractivity contribution >= 4 is 0 Å². The van der Waals surface area contributed by atoms with Crippen LogP contribution in [0, 0.1) is 0 Å². The second kappa shape index (κ2) is 9.54. The van der Waals surface area contributed by atoms with Gasteiger partial charge in [0.15, 0.2) is 12.1 Å². The van der Waals surface area contributed by atoms with Gasteiger partial charge in [-0.05, 0) is 30.4 Å². The van der Waals surface area contributed by atoms with Gasteiger partial charge in [-0.25, -0.2) is 0 Å². The van der Waals surface area contributed by atoms with Crippen LogP contribution in [0.2, 0.25) is 0 Å². The minimum Gasteiger partial charge on any atom is -0.482 e. The van der Waals surface area contributed by atoms with E-state index < -0.39 is 6.10 Å². The highest BCUT2D eigenvalue weighted by Crippen LogP contribution is 2.34. The Bertz CT molecular complexity index is 946. The molecule has 2 unspecified atom stereocenters. The molecule has 1 aliphatic rings. The standard InChI is InChI=1S/C24H24O5/c25-20-14-16-27-24(23(20)28-17-18-9-3-1-4-10-18)22(19-11-5-2-6-12-19)29-21-13-7-8-15-26-21/h1-6,9-12,14,16,21-22H,7-8,13,15,17H2. The Balaban J connectivity index is 1.66. The third-order valence-electron chi connectivity index (χ3n) is 4.85. The van der Waals surface area contributed by atoms with Crippen LogP contribution in [0.15, 0.2) is 82.2 Å². The van der Waals surface area contributed by atoms with E-state index in [1.807, 2.05) is 60.7 Å². The summed E-state index contributed by atoms with van der Waals surface area (Å²) in [4.78, 5) is 12.6. The van der Waals surface area contributed by atoms with Crippen molar-refractivity contribution in [2.45, 2.75) is 38.3 Å². The molecule has 3 aromatic rings. The molecule has 4 rings (SSSR count). The molecule has 0 spiro atoms. The van der Waals surface area contributed by atoms with E-state index in [2.05, 4.69) is 0 Å². The van der Waals surface area contributed by atoms with E-state index in [1.165, 1.54) is 12.3 Å². The third-order valence-corrected chi connectivity index (χ3v) is 4.85. The van der Waals surface area contributed by atoms with Crippen molar-refractivity contribution in [3.63, 3.8) is 0 Å². The molecule has 5 nitrogen and oxygen atoms in total. The number of ether oxygens (including phenoxy) is 3. The topological polar surface area (TPSA) is 57.9 Å². The van der Waals surface area contributed by atoms with Crippen LogP contribution >= 0.6 is 0 Å². The molecule has 0 N–H and O–H groups in total. The number of rotatable bonds is 7. The van der Waals surface area contributed by atoms with Crippen LogP contribution in [-0.4, -0.2) is 12.9 Å². The molecular weight excluding hydrogens is 368 g/mol. The second-order valence-electron chi connectivity index (χ2n) is 6.98. The predicted molar refractivity (Wildman–Crippen MR) is 109 cm³/mol. The summed E-state index contributed by atoms with van der Waals surface area (Å²) in [6.45, 7) is 0.937. The molecule has 2 atom stereocenters. The van der Waals surface area contributed by atoms with E-state index in [-0.39, 0.29) is 24.1 Å². The molecule has 29 heavy (non-hydrogen) atoms. The molecule has 1 saturated heterocycles. The summed E-state index contributed by atoms with van der Waals surface area (Å²) in [6.07, 6.45) is 3.32. The molecule has 1 fully saturated rings. The fourth-order valence-corrected chi connectivity index (χ4v) is 3.36. The quantitative estimate of drug-likeness (QED) is 0.575. The smallest absolute Gasteiger partial charge is 0.227 e. The fraction of sp³-hybridized carbons (Fsp3) is 0.292. The zero-order chi connectivity index (χ0) is 19.9. The van der Waals surface area contributed by atoms with Crippen LogP contribution in [-0.2, 0) is 16.1 Å². The highest BCUT2D eigenvalue weighted by atomic mass is 16.7. The second-order valence-corrected chi connectivity index (χ2v) is 6.98. The molecule has 2 aromatic carbocycles. The van der Waals surface area contributed by atoms with Gasteiger partial charge < -0.3 is 18.6 Å². The summed E-state index contributed by atoms with van der Waals surface area (Å²) < 4.78 is 23.7. The van der Waals surface area contributed by atoms with Crippen molar-refractivity contribution in [3.05, 3.63) is 100 Å². The van der Waals surface area contributed by atoms with Crippen molar-refractivity contribution < 1.29 is 18.6 Å². The molecule has 0 saturated carbocycles. The molecule has 0 radical (unpaired) electrons. The van der Waals surface area contributed by atoms with Crippen LogP contribution in [0.3, 0.4) is 0 Å². The Morgan fingerprint density at radius 1 is 0.966 bits per heavy atom. The maximum absolute atomic E-state index is 12.6. The van der Waals surface area contributed by atoms with E-state index in [1.54, 1.807) is 0 Å². The maximum Gasteiger partial charge on any atom is 0.227 e. The first-order chi connectivity index (χ1) is 14.3. The van der Waals surface area contributed by atoms with Gasteiger partial charge in [0.2, 0.25) is 11.2 Å². The van der Waals surface area contributed by atoms with E-state index in [4.69, 9.17) is 18.6 Å².